The second kappa shape index (κ2) is 10.1. The molecule has 1 aliphatic heterocycles. The van der Waals surface area contributed by atoms with Gasteiger partial charge in [-0.25, -0.2) is 4.98 Å². The maximum atomic E-state index is 12.8. The zero-order valence-corrected chi connectivity index (χ0v) is 21.0. The van der Waals surface area contributed by atoms with Gasteiger partial charge in [-0.05, 0) is 54.2 Å². The number of nitrogens with one attached hydrogen (secondary N) is 2. The Hall–Kier alpha value is -4.74. The van der Waals surface area contributed by atoms with E-state index in [1.165, 1.54) is 18.2 Å². The summed E-state index contributed by atoms with van der Waals surface area (Å²) in [5, 5.41) is 10.1. The fourth-order valence-corrected chi connectivity index (χ4v) is 4.59. The van der Waals surface area contributed by atoms with E-state index >= 15 is 0 Å². The van der Waals surface area contributed by atoms with Gasteiger partial charge < -0.3 is 10.1 Å². The number of imide groups is 1. The fraction of sp³-hybridized carbons (Fsp3) is 0.250. The number of carbonyl (C=O) groups is 2. The molecule has 204 valence electrons. The first kappa shape index (κ1) is 25.5. The minimum absolute atomic E-state index is 0.00666. The van der Waals surface area contributed by atoms with Gasteiger partial charge in [0, 0.05) is 23.6 Å². The topological polar surface area (TPSA) is 111 Å². The molecule has 40 heavy (non-hydrogen) atoms. The fourth-order valence-electron chi connectivity index (χ4n) is 4.59. The number of ether oxygens (including phenoxy) is 1. The number of benzene rings is 2. The Labute approximate surface area is 226 Å². The smallest absolute Gasteiger partial charge is 0.406 e. The number of anilines is 1. The van der Waals surface area contributed by atoms with Crippen LogP contribution in [0.25, 0.3) is 22.9 Å². The van der Waals surface area contributed by atoms with Crippen LogP contribution in [0.3, 0.4) is 0 Å². The van der Waals surface area contributed by atoms with Crippen molar-refractivity contribution in [3.63, 3.8) is 0 Å². The molecule has 2 fully saturated rings. The third kappa shape index (κ3) is 5.65. The van der Waals surface area contributed by atoms with E-state index in [0.717, 1.165) is 24.0 Å². The predicted octanol–water partition coefficient (Wildman–Crippen LogP) is 4.48. The van der Waals surface area contributed by atoms with E-state index in [9.17, 15) is 22.8 Å². The van der Waals surface area contributed by atoms with E-state index in [2.05, 4.69) is 20.5 Å². The van der Waals surface area contributed by atoms with Gasteiger partial charge in [-0.2, -0.15) is 14.6 Å². The van der Waals surface area contributed by atoms with Crippen LogP contribution in [0.1, 0.15) is 36.2 Å². The number of aromatic nitrogens is 4. The van der Waals surface area contributed by atoms with Crippen LogP contribution in [0.15, 0.2) is 60.3 Å². The van der Waals surface area contributed by atoms with Gasteiger partial charge in [0.15, 0.2) is 5.65 Å². The summed E-state index contributed by atoms with van der Waals surface area (Å²) in [6.45, 7) is 0. The van der Waals surface area contributed by atoms with E-state index < -0.39 is 12.3 Å². The van der Waals surface area contributed by atoms with Gasteiger partial charge in [-0.3, -0.25) is 14.9 Å². The van der Waals surface area contributed by atoms with Crippen LogP contribution in [-0.4, -0.2) is 43.8 Å². The van der Waals surface area contributed by atoms with Crippen molar-refractivity contribution in [2.75, 3.05) is 5.32 Å². The van der Waals surface area contributed by atoms with Gasteiger partial charge in [-0.15, -0.1) is 13.2 Å². The van der Waals surface area contributed by atoms with Crippen LogP contribution in [0.4, 0.5) is 19.1 Å². The van der Waals surface area contributed by atoms with Crippen molar-refractivity contribution in [1.82, 2.24) is 24.9 Å². The predicted molar refractivity (Wildman–Crippen MR) is 139 cm³/mol. The van der Waals surface area contributed by atoms with Crippen molar-refractivity contribution in [2.24, 2.45) is 0 Å². The maximum absolute atomic E-state index is 12.8. The second-order valence-corrected chi connectivity index (χ2v) is 9.67. The molecule has 2 amide bonds. The average Bonchev–Trinajstić information content (AvgIpc) is 3.54. The normalized spacial score (nSPS) is 16.5. The molecular formula is C28H23F3N6O3. The summed E-state index contributed by atoms with van der Waals surface area (Å²) < 4.78 is 44.0. The molecule has 9 nitrogen and oxygen atoms in total. The Morgan fingerprint density at radius 3 is 2.65 bits per heavy atom. The highest BCUT2D eigenvalue weighted by atomic mass is 19.4. The molecule has 0 spiro atoms. The first-order valence-electron chi connectivity index (χ1n) is 12.7. The Balaban J connectivity index is 1.30. The minimum atomic E-state index is -4.78. The van der Waals surface area contributed by atoms with Gasteiger partial charge in [0.05, 0.1) is 12.6 Å². The number of aryl methyl sites for hydroxylation is 2. The average molecular weight is 549 g/mol. The van der Waals surface area contributed by atoms with E-state index in [4.69, 9.17) is 9.97 Å². The minimum Gasteiger partial charge on any atom is -0.406 e. The molecule has 6 rings (SSSR count). The lowest BCUT2D eigenvalue weighted by molar-refractivity contribution is -0.274. The van der Waals surface area contributed by atoms with Crippen molar-refractivity contribution in [3.8, 4) is 16.9 Å². The van der Waals surface area contributed by atoms with E-state index in [1.54, 1.807) is 22.9 Å². The van der Waals surface area contributed by atoms with Crippen molar-refractivity contribution in [3.05, 3.63) is 77.3 Å². The summed E-state index contributed by atoms with van der Waals surface area (Å²) in [6, 6.07) is 13.6. The van der Waals surface area contributed by atoms with Gasteiger partial charge in [0.2, 0.25) is 11.9 Å². The largest absolute Gasteiger partial charge is 0.573 e. The second-order valence-electron chi connectivity index (χ2n) is 9.67. The van der Waals surface area contributed by atoms with E-state index in [-0.39, 0.29) is 18.1 Å². The Morgan fingerprint density at radius 2 is 1.90 bits per heavy atom. The maximum Gasteiger partial charge on any atom is 0.573 e. The highest BCUT2D eigenvalue weighted by Gasteiger charge is 2.31. The Bertz CT molecular complexity index is 1660. The van der Waals surface area contributed by atoms with E-state index in [1.807, 2.05) is 24.3 Å². The number of hydrogen-bond donors (Lipinski definition) is 2. The van der Waals surface area contributed by atoms with Crippen molar-refractivity contribution < 1.29 is 27.5 Å². The number of hydrogen-bond acceptors (Lipinski definition) is 7. The molecule has 3 heterocycles. The van der Waals surface area contributed by atoms with Crippen LogP contribution in [0.2, 0.25) is 0 Å². The summed E-state index contributed by atoms with van der Waals surface area (Å²) >= 11 is 0. The number of alkyl halides is 3. The Kier molecular flexibility index (Phi) is 6.45. The molecule has 2 aliphatic rings. The van der Waals surface area contributed by atoms with Gasteiger partial charge in [0.25, 0.3) is 5.91 Å². The van der Waals surface area contributed by atoms with Crippen LogP contribution < -0.4 is 15.4 Å². The lowest BCUT2D eigenvalue weighted by Gasteiger charge is -2.13. The van der Waals surface area contributed by atoms with Gasteiger partial charge in [-0.1, -0.05) is 36.4 Å². The van der Waals surface area contributed by atoms with Crippen LogP contribution in [0, 0.1) is 0 Å². The number of nitrogens with zero attached hydrogens (tertiary/aromatic N) is 4. The number of halogens is 3. The van der Waals surface area contributed by atoms with Crippen LogP contribution in [-0.2, 0) is 22.4 Å². The molecule has 2 N–H and O–H groups in total. The molecule has 4 aromatic rings. The van der Waals surface area contributed by atoms with Crippen LogP contribution >= 0.6 is 0 Å². The van der Waals surface area contributed by atoms with Crippen molar-refractivity contribution >= 4 is 29.5 Å². The molecule has 1 aliphatic carbocycles. The molecule has 0 bridgehead atoms. The zero-order valence-electron chi connectivity index (χ0n) is 21.0. The number of amides is 2. The Morgan fingerprint density at radius 1 is 1.07 bits per heavy atom. The first-order valence-corrected chi connectivity index (χ1v) is 12.7. The van der Waals surface area contributed by atoms with E-state index in [0.29, 0.717) is 53.0 Å². The molecule has 1 saturated carbocycles. The summed E-state index contributed by atoms with van der Waals surface area (Å²) in [5.41, 5.74) is 3.70. The monoisotopic (exact) mass is 548 g/mol. The molecule has 0 radical (unpaired) electrons. The quantitative estimate of drug-likeness (QED) is 0.247. The first-order chi connectivity index (χ1) is 19.2. The highest BCUT2D eigenvalue weighted by molar-refractivity contribution is 6.15. The molecule has 0 atom stereocenters. The standard InChI is InChI=1S/C28H23F3N6O3/c29-28(30,31)40-21-6-3-5-17(13-21)22-7-2-1-4-16(22)8-11-23-34-25-19(12-18-14-24(38)36-26(18)39)15-32-37(25)27(35-23)33-20-9-10-20/h1-7,12-13,15,20H,8-11,14H2,(H,33,34,35)(H,36,38,39)/b18-12+. The third-order valence-electron chi connectivity index (χ3n) is 6.59. The number of carbonyl (C=O) groups excluding carboxylic acids is 2. The molecule has 2 aromatic heterocycles. The van der Waals surface area contributed by atoms with Gasteiger partial charge in [0.1, 0.15) is 11.6 Å². The number of fused-ring (bicyclic) bond motifs is 1. The summed E-state index contributed by atoms with van der Waals surface area (Å²) in [4.78, 5) is 33.2. The molecule has 1 saturated heterocycles. The zero-order chi connectivity index (χ0) is 27.9. The summed E-state index contributed by atoms with van der Waals surface area (Å²) in [7, 11) is 0. The summed E-state index contributed by atoms with van der Waals surface area (Å²) in [6.07, 6.45) is 1.41. The molecule has 0 unspecified atom stereocenters. The lowest BCUT2D eigenvalue weighted by Crippen LogP contribution is -2.19. The molecular weight excluding hydrogens is 525 g/mol. The third-order valence-corrected chi connectivity index (χ3v) is 6.59. The number of rotatable bonds is 8. The SMILES string of the molecule is O=C1C/C(=C\c2cnn3c(NC4CC4)nc(CCc4ccccc4-c4cccc(OC(F)(F)F)c4)nc23)C(=O)N1. The van der Waals surface area contributed by atoms with Crippen LogP contribution in [0.5, 0.6) is 5.75 Å². The molecule has 2 aromatic carbocycles. The highest BCUT2D eigenvalue weighted by Crippen LogP contribution is 2.31. The summed E-state index contributed by atoms with van der Waals surface area (Å²) in [5.74, 6) is -0.00920. The van der Waals surface area contributed by atoms with Crippen molar-refractivity contribution in [2.45, 2.75) is 44.5 Å². The van der Waals surface area contributed by atoms with Gasteiger partial charge >= 0.3 is 6.36 Å². The van der Waals surface area contributed by atoms with Crippen molar-refractivity contribution in [1.29, 1.82) is 0 Å². The molecule has 12 heteroatoms. The lowest BCUT2D eigenvalue weighted by atomic mass is 9.96.